The highest BCUT2D eigenvalue weighted by Gasteiger charge is 2.23. The van der Waals surface area contributed by atoms with Crippen LogP contribution < -0.4 is 10.7 Å². The van der Waals surface area contributed by atoms with Gasteiger partial charge < -0.3 is 15.0 Å². The predicted molar refractivity (Wildman–Crippen MR) is 122 cm³/mol. The van der Waals surface area contributed by atoms with Crippen molar-refractivity contribution < 1.29 is 14.3 Å². The Morgan fingerprint density at radius 1 is 1.16 bits per heavy atom. The molecule has 0 radical (unpaired) electrons. The van der Waals surface area contributed by atoms with Gasteiger partial charge in [0.2, 0.25) is 0 Å². The summed E-state index contributed by atoms with van der Waals surface area (Å²) in [4.78, 5) is 28.2. The Morgan fingerprint density at radius 2 is 1.90 bits per heavy atom. The fraction of sp³-hybridized carbons (Fsp3) is 0.261. The first-order valence-electron chi connectivity index (χ1n) is 9.99. The average molecular weight is 441 g/mol. The maximum absolute atomic E-state index is 12.8. The average Bonchev–Trinajstić information content (AvgIpc) is 3.16. The van der Waals surface area contributed by atoms with Gasteiger partial charge >= 0.3 is 6.09 Å². The number of H-pyrrole nitrogens is 1. The van der Waals surface area contributed by atoms with Crippen LogP contribution in [-0.2, 0) is 16.0 Å². The van der Waals surface area contributed by atoms with Crippen LogP contribution in [0.2, 0.25) is 5.02 Å². The topological polar surface area (TPSA) is 95.6 Å². The standard InChI is InChI=1S/C23H25ClN4O3/c1-15(2)14-31-23(30)27-21(11-17-12-25-20-10-6-4-8-18(17)20)22(29)28-26-13-16-7-3-5-9-19(16)24/h3-10,12-13,15,21,25H,11,14H2,1-2H3,(H,27,30)(H,28,29)/b26-13-/t21-/m1/s1. The lowest BCUT2D eigenvalue weighted by Gasteiger charge is -2.17. The van der Waals surface area contributed by atoms with Gasteiger partial charge in [0.05, 0.1) is 12.8 Å². The van der Waals surface area contributed by atoms with Crippen molar-refractivity contribution in [3.63, 3.8) is 0 Å². The predicted octanol–water partition coefficient (Wildman–Crippen LogP) is 4.26. The summed E-state index contributed by atoms with van der Waals surface area (Å²) < 4.78 is 5.19. The van der Waals surface area contributed by atoms with E-state index in [4.69, 9.17) is 16.3 Å². The minimum atomic E-state index is -0.873. The lowest BCUT2D eigenvalue weighted by Crippen LogP contribution is -2.47. The Labute approximate surface area is 185 Å². The van der Waals surface area contributed by atoms with Crippen LogP contribution in [0.3, 0.4) is 0 Å². The number of amides is 2. The third-order valence-corrected chi connectivity index (χ3v) is 4.88. The molecule has 7 nitrogen and oxygen atoms in total. The summed E-state index contributed by atoms with van der Waals surface area (Å²) in [5.74, 6) is -0.276. The van der Waals surface area contributed by atoms with Crippen molar-refractivity contribution in [3.8, 4) is 0 Å². The van der Waals surface area contributed by atoms with Crippen molar-refractivity contribution in [3.05, 3.63) is 70.9 Å². The van der Waals surface area contributed by atoms with Crippen LogP contribution in [0, 0.1) is 5.92 Å². The molecule has 0 fully saturated rings. The molecule has 3 aromatic rings. The zero-order chi connectivity index (χ0) is 22.2. The van der Waals surface area contributed by atoms with Crippen LogP contribution in [0.4, 0.5) is 4.79 Å². The van der Waals surface area contributed by atoms with Crippen molar-refractivity contribution in [2.75, 3.05) is 6.61 Å². The number of ether oxygens (including phenoxy) is 1. The number of benzene rings is 2. The van der Waals surface area contributed by atoms with Crippen molar-refractivity contribution in [1.29, 1.82) is 0 Å². The van der Waals surface area contributed by atoms with Gasteiger partial charge in [-0.2, -0.15) is 5.10 Å². The van der Waals surface area contributed by atoms with Crippen molar-refractivity contribution in [2.24, 2.45) is 11.0 Å². The van der Waals surface area contributed by atoms with E-state index in [9.17, 15) is 9.59 Å². The van der Waals surface area contributed by atoms with Gasteiger partial charge in [-0.15, -0.1) is 0 Å². The number of hydrogen-bond donors (Lipinski definition) is 3. The molecule has 3 rings (SSSR count). The minimum Gasteiger partial charge on any atom is -0.449 e. The van der Waals surface area contributed by atoms with Crippen molar-refractivity contribution in [1.82, 2.24) is 15.7 Å². The number of rotatable bonds is 8. The monoisotopic (exact) mass is 440 g/mol. The van der Waals surface area contributed by atoms with Crippen LogP contribution in [-0.4, -0.2) is 35.8 Å². The Hall–Kier alpha value is -3.32. The number of carbonyl (C=O) groups is 2. The van der Waals surface area contributed by atoms with Gasteiger partial charge in [-0.05, 0) is 23.6 Å². The number of nitrogens with one attached hydrogen (secondary N) is 3. The van der Waals surface area contributed by atoms with Gasteiger partial charge in [0.25, 0.3) is 5.91 Å². The van der Waals surface area contributed by atoms with Gasteiger partial charge in [-0.1, -0.05) is 61.8 Å². The van der Waals surface area contributed by atoms with E-state index < -0.39 is 18.0 Å². The van der Waals surface area contributed by atoms with E-state index in [2.05, 4.69) is 20.8 Å². The molecule has 0 saturated carbocycles. The molecule has 31 heavy (non-hydrogen) atoms. The number of para-hydroxylation sites is 1. The second kappa shape index (κ2) is 10.6. The summed E-state index contributed by atoms with van der Waals surface area (Å²) in [6.45, 7) is 4.14. The smallest absolute Gasteiger partial charge is 0.407 e. The fourth-order valence-corrected chi connectivity index (χ4v) is 3.16. The summed E-state index contributed by atoms with van der Waals surface area (Å²) in [5, 5.41) is 8.14. The quantitative estimate of drug-likeness (QED) is 0.360. The molecule has 3 N–H and O–H groups in total. The first-order valence-corrected chi connectivity index (χ1v) is 10.4. The molecular formula is C23H25ClN4O3. The highest BCUT2D eigenvalue weighted by atomic mass is 35.5. The maximum Gasteiger partial charge on any atom is 0.407 e. The zero-order valence-electron chi connectivity index (χ0n) is 17.4. The molecule has 0 unspecified atom stereocenters. The molecule has 0 aliphatic rings. The molecular weight excluding hydrogens is 416 g/mol. The molecule has 1 heterocycles. The Morgan fingerprint density at radius 3 is 2.68 bits per heavy atom. The van der Waals surface area contributed by atoms with Crippen LogP contribution >= 0.6 is 11.6 Å². The lowest BCUT2D eigenvalue weighted by molar-refractivity contribution is -0.123. The second-order valence-electron chi connectivity index (χ2n) is 7.51. The van der Waals surface area contributed by atoms with E-state index in [0.717, 1.165) is 16.5 Å². The van der Waals surface area contributed by atoms with Crippen LogP contribution in [0.25, 0.3) is 10.9 Å². The molecule has 2 amide bonds. The number of halogens is 1. The first-order chi connectivity index (χ1) is 14.9. The number of aromatic amines is 1. The molecule has 8 heteroatoms. The van der Waals surface area contributed by atoms with Gasteiger partial charge in [-0.25, -0.2) is 10.2 Å². The number of hydrazone groups is 1. The Kier molecular flexibility index (Phi) is 7.67. The summed E-state index contributed by atoms with van der Waals surface area (Å²) in [6.07, 6.45) is 2.91. The van der Waals surface area contributed by atoms with Crippen molar-refractivity contribution in [2.45, 2.75) is 26.3 Å². The molecule has 0 bridgehead atoms. The number of fused-ring (bicyclic) bond motifs is 1. The van der Waals surface area contributed by atoms with Crippen LogP contribution in [0.5, 0.6) is 0 Å². The van der Waals surface area contributed by atoms with E-state index in [0.29, 0.717) is 10.6 Å². The molecule has 1 atom stereocenters. The number of carbonyl (C=O) groups excluding carboxylic acids is 2. The van der Waals surface area contributed by atoms with Gasteiger partial charge in [0.15, 0.2) is 0 Å². The highest BCUT2D eigenvalue weighted by molar-refractivity contribution is 6.33. The largest absolute Gasteiger partial charge is 0.449 e. The first kappa shape index (κ1) is 22.4. The minimum absolute atomic E-state index is 0.187. The Balaban J connectivity index is 1.73. The molecule has 0 aliphatic carbocycles. The van der Waals surface area contributed by atoms with Gasteiger partial charge in [-0.3, -0.25) is 4.79 Å². The second-order valence-corrected chi connectivity index (χ2v) is 7.92. The summed E-state index contributed by atoms with van der Waals surface area (Å²) >= 11 is 6.10. The Bertz CT molecular complexity index is 1080. The number of alkyl carbamates (subject to hydrolysis) is 1. The SMILES string of the molecule is CC(C)COC(=O)N[C@H](Cc1c[nH]c2ccccc12)C(=O)N/N=C\c1ccccc1Cl. The third kappa shape index (κ3) is 6.33. The molecule has 0 saturated heterocycles. The number of nitrogens with zero attached hydrogens (tertiary/aromatic N) is 1. The van der Waals surface area contributed by atoms with E-state index in [1.165, 1.54) is 6.21 Å². The van der Waals surface area contributed by atoms with E-state index in [1.54, 1.807) is 12.1 Å². The van der Waals surface area contributed by atoms with Crippen LogP contribution in [0.15, 0.2) is 59.8 Å². The summed E-state index contributed by atoms with van der Waals surface area (Å²) in [6, 6.07) is 14.0. The van der Waals surface area contributed by atoms with Gasteiger partial charge in [0.1, 0.15) is 6.04 Å². The summed E-state index contributed by atoms with van der Waals surface area (Å²) in [7, 11) is 0. The van der Waals surface area contributed by atoms with E-state index in [-0.39, 0.29) is 18.9 Å². The summed E-state index contributed by atoms with van der Waals surface area (Å²) in [5.41, 5.74) is 5.00. The van der Waals surface area contributed by atoms with Crippen LogP contribution in [0.1, 0.15) is 25.0 Å². The molecule has 0 spiro atoms. The normalized spacial score (nSPS) is 12.3. The number of hydrogen-bond acceptors (Lipinski definition) is 4. The molecule has 1 aromatic heterocycles. The molecule has 2 aromatic carbocycles. The van der Waals surface area contributed by atoms with E-state index in [1.807, 2.05) is 56.4 Å². The third-order valence-electron chi connectivity index (χ3n) is 4.54. The highest BCUT2D eigenvalue weighted by Crippen LogP contribution is 2.19. The molecule has 0 aliphatic heterocycles. The zero-order valence-corrected chi connectivity index (χ0v) is 18.1. The number of aromatic nitrogens is 1. The lowest BCUT2D eigenvalue weighted by atomic mass is 10.0. The van der Waals surface area contributed by atoms with Crippen molar-refractivity contribution >= 4 is 40.7 Å². The van der Waals surface area contributed by atoms with Gasteiger partial charge in [0, 0.05) is 34.1 Å². The fourth-order valence-electron chi connectivity index (χ4n) is 2.98. The molecule has 162 valence electrons. The van der Waals surface area contributed by atoms with E-state index >= 15 is 0 Å². The maximum atomic E-state index is 12.8.